The third-order valence-corrected chi connectivity index (χ3v) is 7.80. The summed E-state index contributed by atoms with van der Waals surface area (Å²) in [7, 11) is -2.33. The molecule has 1 atom stereocenters. The van der Waals surface area contributed by atoms with Gasteiger partial charge < -0.3 is 10.1 Å². The Morgan fingerprint density at radius 3 is 2.56 bits per heavy atom. The zero-order valence-corrected chi connectivity index (χ0v) is 21.5. The predicted octanol–water partition coefficient (Wildman–Crippen LogP) is 6.23. The molecule has 0 aliphatic carbocycles. The fourth-order valence-electron chi connectivity index (χ4n) is 3.76. The predicted molar refractivity (Wildman–Crippen MR) is 135 cm³/mol. The number of ether oxygens (including phenoxy) is 1. The molecule has 0 radical (unpaired) electrons. The van der Waals surface area contributed by atoms with E-state index in [4.69, 9.17) is 27.9 Å². The summed E-state index contributed by atoms with van der Waals surface area (Å²) >= 11 is 12.2. The van der Waals surface area contributed by atoms with Crippen LogP contribution in [0, 0.1) is 11.6 Å². The number of halogens is 4. The number of pyridine rings is 1. The number of rotatable bonds is 8. The molecule has 6 nitrogen and oxygen atoms in total. The summed E-state index contributed by atoms with van der Waals surface area (Å²) in [5.41, 5.74) is 1.06. The topological polar surface area (TPSA) is 73.2 Å². The van der Waals surface area contributed by atoms with Crippen LogP contribution in [0.4, 0.5) is 8.78 Å². The van der Waals surface area contributed by atoms with Gasteiger partial charge in [0.15, 0.2) is 0 Å². The van der Waals surface area contributed by atoms with Gasteiger partial charge in [-0.1, -0.05) is 23.2 Å². The number of benzene rings is 2. The van der Waals surface area contributed by atoms with Gasteiger partial charge in [0.1, 0.15) is 28.4 Å². The van der Waals surface area contributed by atoms with Gasteiger partial charge in [0.2, 0.25) is 0 Å². The van der Waals surface area contributed by atoms with Crippen molar-refractivity contribution in [2.24, 2.45) is 0 Å². The third kappa shape index (κ3) is 5.10. The lowest BCUT2D eigenvalue weighted by Crippen LogP contribution is -2.14. The second-order valence-electron chi connectivity index (χ2n) is 7.91. The molecule has 0 spiro atoms. The normalized spacial score (nSPS) is 12.5. The van der Waals surface area contributed by atoms with Crippen molar-refractivity contribution in [2.75, 3.05) is 7.05 Å². The Balaban J connectivity index is 1.72. The average molecular weight is 552 g/mol. The molecule has 0 saturated carbocycles. The van der Waals surface area contributed by atoms with E-state index in [-0.39, 0.29) is 37.5 Å². The molecule has 4 rings (SSSR count). The van der Waals surface area contributed by atoms with E-state index in [2.05, 4.69) is 10.3 Å². The summed E-state index contributed by atoms with van der Waals surface area (Å²) in [6.45, 7) is 1.98. The van der Waals surface area contributed by atoms with E-state index >= 15 is 4.39 Å². The van der Waals surface area contributed by atoms with Gasteiger partial charge in [0.25, 0.3) is 10.0 Å². The minimum atomic E-state index is -4.05. The summed E-state index contributed by atoms with van der Waals surface area (Å²) in [6.07, 6.45) is 3.34. The van der Waals surface area contributed by atoms with E-state index in [1.165, 1.54) is 48.9 Å². The Morgan fingerprint density at radius 1 is 1.11 bits per heavy atom. The Morgan fingerprint density at radius 2 is 1.89 bits per heavy atom. The maximum atomic E-state index is 15.3. The Labute approximate surface area is 217 Å². The van der Waals surface area contributed by atoms with Crippen molar-refractivity contribution in [1.29, 1.82) is 0 Å². The molecule has 0 fully saturated rings. The molecule has 11 heteroatoms. The summed E-state index contributed by atoms with van der Waals surface area (Å²) < 4.78 is 62.7. The lowest BCUT2D eigenvalue weighted by Gasteiger charge is -2.18. The van der Waals surface area contributed by atoms with Gasteiger partial charge >= 0.3 is 0 Å². The summed E-state index contributed by atoms with van der Waals surface area (Å²) in [6, 6.07) is 11.1. The van der Waals surface area contributed by atoms with Crippen molar-refractivity contribution in [3.8, 4) is 17.0 Å². The van der Waals surface area contributed by atoms with Gasteiger partial charge in [-0.15, -0.1) is 0 Å². The maximum Gasteiger partial charge on any atom is 0.269 e. The molecule has 0 bridgehead atoms. The van der Waals surface area contributed by atoms with Crippen molar-refractivity contribution in [1.82, 2.24) is 14.3 Å². The summed E-state index contributed by atoms with van der Waals surface area (Å²) in [5.74, 6) is -1.24. The van der Waals surface area contributed by atoms with Gasteiger partial charge in [0, 0.05) is 47.4 Å². The fourth-order valence-corrected chi connectivity index (χ4v) is 5.80. The molecule has 2 aromatic carbocycles. The summed E-state index contributed by atoms with van der Waals surface area (Å²) in [5, 5.41) is 2.99. The van der Waals surface area contributed by atoms with Crippen LogP contribution in [-0.2, 0) is 16.6 Å². The van der Waals surface area contributed by atoms with Gasteiger partial charge in [-0.3, -0.25) is 4.98 Å². The first-order chi connectivity index (χ1) is 17.1. The zero-order valence-electron chi connectivity index (χ0n) is 19.2. The fraction of sp³-hybridized carbons (Fsp3) is 0.160. The zero-order chi connectivity index (χ0) is 26.0. The first-order valence-electron chi connectivity index (χ1n) is 10.7. The largest absolute Gasteiger partial charge is 0.486 e. The lowest BCUT2D eigenvalue weighted by molar-refractivity contribution is 0.225. The molecular formula is C25H21Cl2F2N3O3S. The minimum Gasteiger partial charge on any atom is -0.486 e. The third-order valence-electron chi connectivity index (χ3n) is 5.43. The standard InChI is InChI=1S/C25H21Cl2F2N3O3S/c1-15(24-20(26)7-8-21(28)25(24)27)35-17-5-6-19(22(29)11-17)23-10-16(12-30-2)14-32(23)36(33,34)18-4-3-9-31-13-18/h3-11,13-15,30H,12H2,1-2H3/t15-/m1/s1. The molecule has 36 heavy (non-hydrogen) atoms. The van der Waals surface area contributed by atoms with E-state index in [1.54, 1.807) is 20.0 Å². The lowest BCUT2D eigenvalue weighted by atomic mass is 10.1. The van der Waals surface area contributed by atoms with E-state index < -0.39 is 27.8 Å². The Bertz CT molecular complexity index is 1510. The highest BCUT2D eigenvalue weighted by atomic mass is 35.5. The first kappa shape index (κ1) is 26.1. The van der Waals surface area contributed by atoms with Crippen LogP contribution in [-0.4, -0.2) is 24.4 Å². The van der Waals surface area contributed by atoms with E-state index in [0.29, 0.717) is 12.1 Å². The number of aromatic nitrogens is 2. The number of hydrogen-bond donors (Lipinski definition) is 1. The van der Waals surface area contributed by atoms with Crippen molar-refractivity contribution in [3.63, 3.8) is 0 Å². The SMILES string of the molecule is CNCc1cc(-c2ccc(O[C@H](C)c3c(Cl)ccc(F)c3Cl)cc2F)n(S(=O)(=O)c2cccnc2)c1. The van der Waals surface area contributed by atoms with E-state index in [0.717, 1.165) is 16.1 Å². The molecule has 0 amide bonds. The maximum absolute atomic E-state index is 15.3. The molecule has 2 aromatic heterocycles. The van der Waals surface area contributed by atoms with Crippen LogP contribution in [0.15, 0.2) is 72.0 Å². The molecule has 1 N–H and O–H groups in total. The van der Waals surface area contributed by atoms with E-state index in [1.807, 2.05) is 0 Å². The monoisotopic (exact) mass is 551 g/mol. The second-order valence-corrected chi connectivity index (χ2v) is 10.5. The highest BCUT2D eigenvalue weighted by Gasteiger charge is 2.24. The smallest absolute Gasteiger partial charge is 0.269 e. The van der Waals surface area contributed by atoms with Gasteiger partial charge in [-0.25, -0.2) is 21.2 Å². The van der Waals surface area contributed by atoms with Crippen LogP contribution in [0.3, 0.4) is 0 Å². The highest BCUT2D eigenvalue weighted by Crippen LogP contribution is 2.36. The molecule has 0 aliphatic rings. The van der Waals surface area contributed by atoms with Crippen molar-refractivity contribution in [3.05, 3.63) is 99.9 Å². The number of hydrogen-bond acceptors (Lipinski definition) is 5. The van der Waals surface area contributed by atoms with Crippen LogP contribution >= 0.6 is 23.2 Å². The molecule has 0 unspecified atom stereocenters. The van der Waals surface area contributed by atoms with Gasteiger partial charge in [-0.2, -0.15) is 0 Å². The van der Waals surface area contributed by atoms with Crippen molar-refractivity contribution in [2.45, 2.75) is 24.5 Å². The minimum absolute atomic E-state index is 0.0316. The molecule has 0 aliphatic heterocycles. The van der Waals surface area contributed by atoms with E-state index in [9.17, 15) is 12.8 Å². The number of nitrogens with zero attached hydrogens (tertiary/aromatic N) is 2. The quantitative estimate of drug-likeness (QED) is 0.263. The van der Waals surface area contributed by atoms with Crippen LogP contribution in [0.25, 0.3) is 11.3 Å². The Hall–Kier alpha value is -2.98. The molecular weight excluding hydrogens is 531 g/mol. The molecule has 188 valence electrons. The number of nitrogens with one attached hydrogen (secondary N) is 1. The first-order valence-corrected chi connectivity index (χ1v) is 12.9. The van der Waals surface area contributed by atoms with Crippen LogP contribution in [0.1, 0.15) is 24.2 Å². The van der Waals surface area contributed by atoms with Crippen LogP contribution in [0.5, 0.6) is 5.75 Å². The highest BCUT2D eigenvalue weighted by molar-refractivity contribution is 7.90. The van der Waals surface area contributed by atoms with Crippen molar-refractivity contribution < 1.29 is 21.9 Å². The molecule has 0 saturated heterocycles. The molecule has 4 aromatic rings. The Kier molecular flexibility index (Phi) is 7.65. The second kappa shape index (κ2) is 10.6. The van der Waals surface area contributed by atoms with Crippen molar-refractivity contribution >= 4 is 33.2 Å². The van der Waals surface area contributed by atoms with Crippen LogP contribution < -0.4 is 10.1 Å². The van der Waals surface area contributed by atoms with Gasteiger partial charge in [0.05, 0.1) is 10.7 Å². The van der Waals surface area contributed by atoms with Gasteiger partial charge in [-0.05, 0) is 62.0 Å². The summed E-state index contributed by atoms with van der Waals surface area (Å²) in [4.78, 5) is 3.85. The average Bonchev–Trinajstić information content (AvgIpc) is 3.27. The molecule has 2 heterocycles. The van der Waals surface area contributed by atoms with Crippen LogP contribution in [0.2, 0.25) is 10.0 Å².